The highest BCUT2D eigenvalue weighted by Gasteiger charge is 2.34. The molecule has 19 heavy (non-hydrogen) atoms. The molecule has 0 amide bonds. The van der Waals surface area contributed by atoms with Crippen molar-refractivity contribution in [3.8, 4) is 0 Å². The number of carboxylic acid groups (broad SMARTS) is 1. The summed E-state index contributed by atoms with van der Waals surface area (Å²) in [4.78, 5) is 11.0. The van der Waals surface area contributed by atoms with Crippen LogP contribution in [0.3, 0.4) is 0 Å². The highest BCUT2D eigenvalue weighted by atomic mass is 79.9. The molecule has 2 rings (SSSR count). The highest BCUT2D eigenvalue weighted by Crippen LogP contribution is 2.35. The van der Waals surface area contributed by atoms with E-state index in [0.717, 1.165) is 22.8 Å². The number of sulfonamides is 1. The van der Waals surface area contributed by atoms with Gasteiger partial charge in [0.15, 0.2) is 0 Å². The quantitative estimate of drug-likeness (QED) is 0.863. The second-order valence-corrected chi connectivity index (χ2v) is 9.47. The number of nitrogens with zero attached hydrogens (tertiary/aromatic N) is 1. The standard InChI is InChI=1S/C10H12BrNO4S3/c1-6-5-17-3-2-12(6)19(15,16)8-4-7(10(13)14)18-9(8)11/h4,6H,2-3,5H2,1H3,(H,13,14). The van der Waals surface area contributed by atoms with Crippen LogP contribution < -0.4 is 0 Å². The zero-order chi connectivity index (χ0) is 14.2. The van der Waals surface area contributed by atoms with Crippen LogP contribution in [0.4, 0.5) is 0 Å². The molecule has 1 aliphatic heterocycles. The minimum Gasteiger partial charge on any atom is -0.477 e. The van der Waals surface area contributed by atoms with Crippen LogP contribution in [-0.4, -0.2) is 47.9 Å². The topological polar surface area (TPSA) is 74.7 Å². The first-order valence-corrected chi connectivity index (χ1v) is 9.66. The third-order valence-electron chi connectivity index (χ3n) is 2.76. The van der Waals surface area contributed by atoms with Crippen molar-refractivity contribution in [2.75, 3.05) is 18.1 Å². The maximum atomic E-state index is 12.6. The van der Waals surface area contributed by atoms with Crippen LogP contribution in [0.2, 0.25) is 0 Å². The molecule has 1 aliphatic rings. The molecule has 0 aliphatic carbocycles. The zero-order valence-corrected chi connectivity index (χ0v) is 14.0. The molecule has 0 saturated carbocycles. The van der Waals surface area contributed by atoms with Crippen LogP contribution in [0.1, 0.15) is 16.6 Å². The maximum absolute atomic E-state index is 12.6. The molecule has 9 heteroatoms. The molecule has 0 radical (unpaired) electrons. The van der Waals surface area contributed by atoms with Gasteiger partial charge in [0.25, 0.3) is 0 Å². The van der Waals surface area contributed by atoms with E-state index >= 15 is 0 Å². The summed E-state index contributed by atoms with van der Waals surface area (Å²) < 4.78 is 26.9. The van der Waals surface area contributed by atoms with Gasteiger partial charge in [0, 0.05) is 24.1 Å². The molecule has 1 aromatic rings. The lowest BCUT2D eigenvalue weighted by Crippen LogP contribution is -2.44. The van der Waals surface area contributed by atoms with Gasteiger partial charge < -0.3 is 5.11 Å². The van der Waals surface area contributed by atoms with Crippen LogP contribution in [-0.2, 0) is 10.0 Å². The summed E-state index contributed by atoms with van der Waals surface area (Å²) in [7, 11) is -3.63. The van der Waals surface area contributed by atoms with Gasteiger partial charge in [-0.25, -0.2) is 13.2 Å². The molecule has 0 aromatic carbocycles. The van der Waals surface area contributed by atoms with E-state index in [9.17, 15) is 13.2 Å². The lowest BCUT2D eigenvalue weighted by molar-refractivity contribution is 0.0702. The van der Waals surface area contributed by atoms with Crippen LogP contribution in [0, 0.1) is 0 Å². The number of rotatable bonds is 3. The second kappa shape index (κ2) is 5.72. The maximum Gasteiger partial charge on any atom is 0.345 e. The lowest BCUT2D eigenvalue weighted by Gasteiger charge is -2.31. The Hall–Kier alpha value is -0.0900. The van der Waals surface area contributed by atoms with E-state index in [1.54, 1.807) is 11.8 Å². The first-order valence-electron chi connectivity index (χ1n) is 5.46. The Morgan fingerprint density at radius 1 is 1.58 bits per heavy atom. The monoisotopic (exact) mass is 385 g/mol. The SMILES string of the molecule is CC1CSCCN1S(=O)(=O)c1cc(C(=O)O)sc1Br. The number of carbonyl (C=O) groups is 1. The van der Waals surface area contributed by atoms with Crippen molar-refractivity contribution in [3.05, 3.63) is 14.7 Å². The molecule has 106 valence electrons. The van der Waals surface area contributed by atoms with Gasteiger partial charge in [0.2, 0.25) is 10.0 Å². The van der Waals surface area contributed by atoms with Gasteiger partial charge in [0.05, 0.1) is 3.79 Å². The molecular formula is C10H12BrNO4S3. The van der Waals surface area contributed by atoms with Crippen molar-refractivity contribution in [3.63, 3.8) is 0 Å². The number of carboxylic acids is 1. The Morgan fingerprint density at radius 3 is 2.79 bits per heavy atom. The summed E-state index contributed by atoms with van der Waals surface area (Å²) in [5, 5.41) is 8.93. The molecular weight excluding hydrogens is 374 g/mol. The summed E-state index contributed by atoms with van der Waals surface area (Å²) in [6.45, 7) is 2.32. The summed E-state index contributed by atoms with van der Waals surface area (Å²) in [5.74, 6) is 0.401. The largest absolute Gasteiger partial charge is 0.477 e. The molecule has 1 N–H and O–H groups in total. The number of thiophene rings is 1. The molecule has 1 unspecified atom stereocenters. The second-order valence-electron chi connectivity index (χ2n) is 4.09. The van der Waals surface area contributed by atoms with Crippen LogP contribution in [0.25, 0.3) is 0 Å². The Labute approximate surface area is 128 Å². The zero-order valence-electron chi connectivity index (χ0n) is 10.00. The van der Waals surface area contributed by atoms with Crippen molar-refractivity contribution < 1.29 is 18.3 Å². The third-order valence-corrected chi connectivity index (χ3v) is 8.20. The van der Waals surface area contributed by atoms with Crippen molar-refractivity contribution in [1.29, 1.82) is 0 Å². The van der Waals surface area contributed by atoms with Gasteiger partial charge in [-0.2, -0.15) is 16.1 Å². The highest BCUT2D eigenvalue weighted by molar-refractivity contribution is 9.11. The Bertz CT molecular complexity index is 598. The number of halogens is 1. The lowest BCUT2D eigenvalue weighted by atomic mass is 10.4. The normalized spacial score (nSPS) is 21.5. The fraction of sp³-hybridized carbons (Fsp3) is 0.500. The van der Waals surface area contributed by atoms with E-state index in [2.05, 4.69) is 15.9 Å². The fourth-order valence-electron chi connectivity index (χ4n) is 1.83. The van der Waals surface area contributed by atoms with E-state index < -0.39 is 16.0 Å². The van der Waals surface area contributed by atoms with Crippen LogP contribution in [0.5, 0.6) is 0 Å². The predicted molar refractivity (Wildman–Crippen MR) is 79.7 cm³/mol. The summed E-state index contributed by atoms with van der Waals surface area (Å²) in [6, 6.07) is 1.14. The third kappa shape index (κ3) is 2.99. The van der Waals surface area contributed by atoms with E-state index in [4.69, 9.17) is 5.11 Å². The Kier molecular flexibility index (Phi) is 4.61. The molecule has 0 spiro atoms. The molecule has 1 fully saturated rings. The van der Waals surface area contributed by atoms with Gasteiger partial charge in [-0.1, -0.05) is 0 Å². The van der Waals surface area contributed by atoms with E-state index in [1.165, 1.54) is 10.4 Å². The van der Waals surface area contributed by atoms with Gasteiger partial charge >= 0.3 is 5.97 Å². The van der Waals surface area contributed by atoms with Gasteiger partial charge in [-0.05, 0) is 28.9 Å². The van der Waals surface area contributed by atoms with Crippen molar-refractivity contribution in [2.45, 2.75) is 17.9 Å². The van der Waals surface area contributed by atoms with Crippen molar-refractivity contribution in [1.82, 2.24) is 4.31 Å². The number of hydrogen-bond donors (Lipinski definition) is 1. The molecule has 0 bridgehead atoms. The number of thioether (sulfide) groups is 1. The Balaban J connectivity index is 2.41. The Morgan fingerprint density at radius 2 is 2.26 bits per heavy atom. The predicted octanol–water partition coefficient (Wildman–Crippen LogP) is 2.33. The fourth-order valence-corrected chi connectivity index (χ4v) is 7.04. The van der Waals surface area contributed by atoms with Gasteiger partial charge in [0.1, 0.15) is 9.77 Å². The first kappa shape index (κ1) is 15.3. The average Bonchev–Trinajstić information content (AvgIpc) is 2.72. The van der Waals surface area contributed by atoms with Gasteiger partial charge in [-0.15, -0.1) is 11.3 Å². The van der Waals surface area contributed by atoms with Crippen LogP contribution in [0.15, 0.2) is 14.7 Å². The summed E-state index contributed by atoms with van der Waals surface area (Å²) in [5.41, 5.74) is 0. The van der Waals surface area contributed by atoms with Crippen LogP contribution >= 0.6 is 39.0 Å². The number of hydrogen-bond acceptors (Lipinski definition) is 5. The molecule has 1 aromatic heterocycles. The minimum absolute atomic E-state index is 0.0180. The van der Waals surface area contributed by atoms with Gasteiger partial charge in [-0.3, -0.25) is 0 Å². The molecule has 1 atom stereocenters. The number of aromatic carboxylic acids is 1. The van der Waals surface area contributed by atoms with Crippen molar-refractivity contribution in [2.24, 2.45) is 0 Å². The summed E-state index contributed by atoms with van der Waals surface area (Å²) >= 11 is 5.80. The molecule has 1 saturated heterocycles. The summed E-state index contributed by atoms with van der Waals surface area (Å²) in [6.07, 6.45) is 0. The minimum atomic E-state index is -3.63. The average molecular weight is 386 g/mol. The first-order chi connectivity index (χ1) is 8.84. The smallest absolute Gasteiger partial charge is 0.345 e. The van der Waals surface area contributed by atoms with E-state index in [1.807, 2.05) is 6.92 Å². The van der Waals surface area contributed by atoms with Crippen molar-refractivity contribution >= 4 is 55.0 Å². The molecule has 2 heterocycles. The van der Waals surface area contributed by atoms with E-state index in [0.29, 0.717) is 10.3 Å². The van der Waals surface area contributed by atoms with E-state index in [-0.39, 0.29) is 15.8 Å². The molecule has 5 nitrogen and oxygen atoms in total.